The molecule has 0 spiro atoms. The number of amides is 2. The van der Waals surface area contributed by atoms with Crippen molar-refractivity contribution in [1.29, 1.82) is 0 Å². The van der Waals surface area contributed by atoms with Gasteiger partial charge in [-0.2, -0.15) is 0 Å². The first-order valence-corrected chi connectivity index (χ1v) is 11.0. The van der Waals surface area contributed by atoms with Crippen LogP contribution in [0.3, 0.4) is 0 Å². The van der Waals surface area contributed by atoms with Crippen LogP contribution in [0, 0.1) is 6.92 Å². The molecule has 0 saturated carbocycles. The van der Waals surface area contributed by atoms with Crippen molar-refractivity contribution in [2.75, 3.05) is 32.6 Å². The molecule has 33 heavy (non-hydrogen) atoms. The Kier molecular flexibility index (Phi) is 7.36. The van der Waals surface area contributed by atoms with E-state index in [1.807, 2.05) is 31.2 Å². The molecule has 1 aromatic heterocycles. The summed E-state index contributed by atoms with van der Waals surface area (Å²) in [5.41, 5.74) is 2.29. The zero-order valence-electron chi connectivity index (χ0n) is 19.8. The van der Waals surface area contributed by atoms with Crippen LogP contribution in [0.2, 0.25) is 0 Å². The van der Waals surface area contributed by atoms with Crippen molar-refractivity contribution < 1.29 is 23.9 Å². The quantitative estimate of drug-likeness (QED) is 0.617. The predicted octanol–water partition coefficient (Wildman–Crippen LogP) is 3.19. The highest BCUT2D eigenvalue weighted by Crippen LogP contribution is 2.40. The zero-order valence-corrected chi connectivity index (χ0v) is 19.8. The van der Waals surface area contributed by atoms with Crippen molar-refractivity contribution in [3.63, 3.8) is 0 Å². The molecule has 2 aromatic rings. The van der Waals surface area contributed by atoms with E-state index in [0.717, 1.165) is 16.8 Å². The van der Waals surface area contributed by atoms with Crippen molar-refractivity contribution in [1.82, 2.24) is 9.88 Å². The minimum atomic E-state index is -0.919. The van der Waals surface area contributed by atoms with Crippen molar-refractivity contribution in [3.8, 4) is 5.88 Å². The molecule has 8 nitrogen and oxygen atoms in total. The lowest BCUT2D eigenvalue weighted by molar-refractivity contribution is -0.148. The molecular weight excluding hydrogens is 422 g/mol. The van der Waals surface area contributed by atoms with Crippen LogP contribution in [0.15, 0.2) is 36.4 Å². The summed E-state index contributed by atoms with van der Waals surface area (Å²) in [7, 11) is 2.80. The molecule has 1 saturated heterocycles. The number of nitrogens with zero attached hydrogens (tertiary/aromatic N) is 2. The molecule has 1 fully saturated rings. The molecule has 3 rings (SSSR count). The van der Waals surface area contributed by atoms with Gasteiger partial charge in [-0.3, -0.25) is 14.4 Å². The van der Waals surface area contributed by atoms with Crippen LogP contribution in [0.5, 0.6) is 5.88 Å². The number of carbonyl (C=O) groups excluding carboxylic acids is 3. The standard InChI is InChI=1S/C25H31N3O5/c1-16(2)18-8-6-7-9-19(18)25(14-28(15-25)21(29)12-13-22(30)32-4)24(31)27-20-11-10-17(3)26-23(20)33-5/h6-11,16H,12-15H2,1-5H3,(H,27,31). The Balaban J connectivity index is 1.91. The number of carbonyl (C=O) groups is 3. The summed E-state index contributed by atoms with van der Waals surface area (Å²) in [6.07, 6.45) is 0.0613. The summed E-state index contributed by atoms with van der Waals surface area (Å²) >= 11 is 0. The highest BCUT2D eigenvalue weighted by molar-refractivity contribution is 6.02. The Morgan fingerprint density at radius 3 is 2.42 bits per heavy atom. The Morgan fingerprint density at radius 1 is 1.09 bits per heavy atom. The predicted molar refractivity (Wildman–Crippen MR) is 124 cm³/mol. The van der Waals surface area contributed by atoms with Gasteiger partial charge in [0, 0.05) is 25.2 Å². The van der Waals surface area contributed by atoms with Crippen molar-refractivity contribution in [3.05, 3.63) is 53.2 Å². The van der Waals surface area contributed by atoms with E-state index in [4.69, 9.17) is 4.74 Å². The Morgan fingerprint density at radius 2 is 1.79 bits per heavy atom. The number of pyridine rings is 1. The van der Waals surface area contributed by atoms with Crippen LogP contribution < -0.4 is 10.1 Å². The van der Waals surface area contributed by atoms with Crippen molar-refractivity contribution >= 4 is 23.5 Å². The normalized spacial score (nSPS) is 14.4. The first-order valence-electron chi connectivity index (χ1n) is 11.0. The second kappa shape index (κ2) is 10.0. The zero-order chi connectivity index (χ0) is 24.2. The lowest BCUT2D eigenvalue weighted by Crippen LogP contribution is -2.66. The minimum Gasteiger partial charge on any atom is -0.480 e. The minimum absolute atomic E-state index is 0.0137. The number of hydrogen-bond acceptors (Lipinski definition) is 6. The number of benzene rings is 1. The molecule has 2 amide bonds. The lowest BCUT2D eigenvalue weighted by atomic mass is 9.69. The van der Waals surface area contributed by atoms with Crippen LogP contribution in [-0.2, 0) is 24.5 Å². The molecule has 0 atom stereocenters. The van der Waals surface area contributed by atoms with Gasteiger partial charge in [-0.1, -0.05) is 38.1 Å². The van der Waals surface area contributed by atoms with E-state index in [1.54, 1.807) is 17.0 Å². The highest BCUT2D eigenvalue weighted by Gasteiger charge is 2.53. The molecule has 1 aliphatic heterocycles. The Bertz CT molecular complexity index is 1040. The number of ether oxygens (including phenoxy) is 2. The topological polar surface area (TPSA) is 97.8 Å². The third-order valence-electron chi connectivity index (χ3n) is 6.02. The van der Waals surface area contributed by atoms with Gasteiger partial charge in [0.15, 0.2) is 0 Å². The molecule has 0 aliphatic carbocycles. The number of aromatic nitrogens is 1. The molecule has 1 N–H and O–H groups in total. The summed E-state index contributed by atoms with van der Waals surface area (Å²) in [6, 6.07) is 11.4. The summed E-state index contributed by atoms with van der Waals surface area (Å²) < 4.78 is 9.98. The highest BCUT2D eigenvalue weighted by atomic mass is 16.5. The Hall–Kier alpha value is -3.42. The molecule has 176 valence electrons. The van der Waals surface area contributed by atoms with Gasteiger partial charge in [0.2, 0.25) is 17.7 Å². The van der Waals surface area contributed by atoms with E-state index < -0.39 is 11.4 Å². The van der Waals surface area contributed by atoms with Gasteiger partial charge in [-0.25, -0.2) is 4.98 Å². The summed E-state index contributed by atoms with van der Waals surface area (Å²) in [6.45, 7) is 6.46. The molecule has 0 radical (unpaired) electrons. The molecule has 0 bridgehead atoms. The van der Waals surface area contributed by atoms with E-state index in [2.05, 4.69) is 28.9 Å². The smallest absolute Gasteiger partial charge is 0.306 e. The number of nitrogens with one attached hydrogen (secondary N) is 1. The maximum Gasteiger partial charge on any atom is 0.306 e. The molecule has 1 aromatic carbocycles. The maximum absolute atomic E-state index is 13.7. The average Bonchev–Trinajstić information content (AvgIpc) is 2.78. The van der Waals surface area contributed by atoms with Crippen LogP contribution in [-0.4, -0.2) is 55.0 Å². The molecular formula is C25H31N3O5. The molecule has 0 unspecified atom stereocenters. The second-order valence-corrected chi connectivity index (χ2v) is 8.61. The van der Waals surface area contributed by atoms with Crippen LogP contribution in [0.4, 0.5) is 5.69 Å². The fourth-order valence-corrected chi connectivity index (χ4v) is 4.15. The number of rotatable bonds is 8. The van der Waals surface area contributed by atoms with Gasteiger partial charge in [0.1, 0.15) is 11.1 Å². The number of anilines is 1. The molecule has 2 heterocycles. The first kappa shape index (κ1) is 24.2. The summed E-state index contributed by atoms with van der Waals surface area (Å²) in [4.78, 5) is 43.8. The van der Waals surface area contributed by atoms with Crippen LogP contribution >= 0.6 is 0 Å². The van der Waals surface area contributed by atoms with Gasteiger partial charge in [-0.05, 0) is 36.1 Å². The largest absolute Gasteiger partial charge is 0.480 e. The fourth-order valence-electron chi connectivity index (χ4n) is 4.15. The van der Waals surface area contributed by atoms with E-state index in [0.29, 0.717) is 11.6 Å². The van der Waals surface area contributed by atoms with Crippen molar-refractivity contribution in [2.24, 2.45) is 0 Å². The van der Waals surface area contributed by atoms with E-state index >= 15 is 0 Å². The number of esters is 1. The second-order valence-electron chi connectivity index (χ2n) is 8.61. The van der Waals surface area contributed by atoms with Crippen LogP contribution in [0.25, 0.3) is 0 Å². The Labute approximate surface area is 194 Å². The van der Waals surface area contributed by atoms with Gasteiger partial charge in [0.25, 0.3) is 0 Å². The first-order chi connectivity index (χ1) is 15.7. The monoisotopic (exact) mass is 453 g/mol. The number of hydrogen-bond donors (Lipinski definition) is 1. The number of aryl methyl sites for hydroxylation is 1. The number of likely N-dealkylation sites (tertiary alicyclic amines) is 1. The maximum atomic E-state index is 13.7. The SMILES string of the molecule is COC(=O)CCC(=O)N1CC(C(=O)Nc2ccc(C)nc2OC)(c2ccccc2C(C)C)C1. The lowest BCUT2D eigenvalue weighted by Gasteiger charge is -2.50. The van der Waals surface area contributed by atoms with Gasteiger partial charge >= 0.3 is 5.97 Å². The average molecular weight is 454 g/mol. The summed E-state index contributed by atoms with van der Waals surface area (Å²) in [5, 5.41) is 2.98. The van der Waals surface area contributed by atoms with E-state index in [-0.39, 0.29) is 43.7 Å². The van der Waals surface area contributed by atoms with Gasteiger partial charge < -0.3 is 19.7 Å². The third-order valence-corrected chi connectivity index (χ3v) is 6.02. The van der Waals surface area contributed by atoms with Gasteiger partial charge in [-0.15, -0.1) is 0 Å². The van der Waals surface area contributed by atoms with Crippen molar-refractivity contribution in [2.45, 2.75) is 44.9 Å². The summed E-state index contributed by atoms with van der Waals surface area (Å²) in [5.74, 6) is -0.305. The van der Waals surface area contributed by atoms with Gasteiger partial charge in [0.05, 0.1) is 20.6 Å². The molecule has 8 heteroatoms. The third kappa shape index (κ3) is 4.99. The van der Waals surface area contributed by atoms with Crippen LogP contribution in [0.1, 0.15) is 49.4 Å². The number of methoxy groups -OCH3 is 2. The fraction of sp³-hybridized carbons (Fsp3) is 0.440. The van der Waals surface area contributed by atoms with E-state index in [9.17, 15) is 14.4 Å². The van der Waals surface area contributed by atoms with E-state index in [1.165, 1.54) is 14.2 Å². The molecule has 1 aliphatic rings.